The molecule has 3 aromatic heterocycles. The van der Waals surface area contributed by atoms with E-state index in [-0.39, 0.29) is 12.4 Å². The lowest BCUT2D eigenvalue weighted by molar-refractivity contribution is 0.277. The molecule has 4 aromatic rings. The molecule has 0 amide bonds. The molecule has 0 aliphatic rings. The summed E-state index contributed by atoms with van der Waals surface area (Å²) in [7, 11) is 0. The zero-order valence-corrected chi connectivity index (χ0v) is 13.6. The zero-order valence-electron chi connectivity index (χ0n) is 13.6. The summed E-state index contributed by atoms with van der Waals surface area (Å²) in [5.74, 6) is 0.711. The predicted octanol–water partition coefficient (Wildman–Crippen LogP) is 2.26. The molecule has 0 unspecified atom stereocenters. The number of nitrogens with two attached hydrogens (primary N) is 1. The lowest BCUT2D eigenvalue weighted by Gasteiger charge is -2.12. The minimum atomic E-state index is -0.278. The maximum absolute atomic E-state index is 9.51. The van der Waals surface area contributed by atoms with Gasteiger partial charge in [0.1, 0.15) is 17.2 Å². The van der Waals surface area contributed by atoms with E-state index in [1.54, 1.807) is 10.9 Å². The van der Waals surface area contributed by atoms with Crippen LogP contribution < -0.4 is 5.73 Å². The average Bonchev–Trinajstić information content (AvgIpc) is 3.07. The molecule has 0 spiro atoms. The van der Waals surface area contributed by atoms with Crippen LogP contribution in [0, 0.1) is 6.92 Å². The molecule has 0 fully saturated rings. The van der Waals surface area contributed by atoms with Crippen LogP contribution >= 0.6 is 0 Å². The van der Waals surface area contributed by atoms with E-state index in [1.165, 1.54) is 0 Å². The van der Waals surface area contributed by atoms with Crippen molar-refractivity contribution in [2.45, 2.75) is 13.5 Å². The number of aryl methyl sites for hydroxylation is 1. The summed E-state index contributed by atoms with van der Waals surface area (Å²) in [6.45, 7) is 1.62. The summed E-state index contributed by atoms with van der Waals surface area (Å²) in [6, 6.07) is 11.6. The van der Waals surface area contributed by atoms with Crippen LogP contribution in [0.25, 0.3) is 28.0 Å². The highest BCUT2D eigenvalue weighted by molar-refractivity contribution is 5.85. The van der Waals surface area contributed by atoms with Crippen LogP contribution in [0.2, 0.25) is 0 Å². The monoisotopic (exact) mass is 332 g/mol. The first-order valence-electron chi connectivity index (χ1n) is 7.81. The number of rotatable bonds is 3. The van der Waals surface area contributed by atoms with Crippen molar-refractivity contribution >= 4 is 16.7 Å². The second-order valence-electron chi connectivity index (χ2n) is 5.70. The van der Waals surface area contributed by atoms with Crippen molar-refractivity contribution < 1.29 is 5.11 Å². The molecular formula is C18H16N6O. The second-order valence-corrected chi connectivity index (χ2v) is 5.70. The first-order chi connectivity index (χ1) is 12.2. The first kappa shape index (κ1) is 15.2. The van der Waals surface area contributed by atoms with Crippen LogP contribution in [0.1, 0.15) is 11.4 Å². The third-order valence-electron chi connectivity index (χ3n) is 3.95. The molecule has 0 aliphatic heterocycles. The number of nitrogens with zero attached hydrogens (tertiary/aromatic N) is 5. The fourth-order valence-electron chi connectivity index (χ4n) is 2.70. The summed E-state index contributed by atoms with van der Waals surface area (Å²) in [5, 5.41) is 14.9. The normalized spacial score (nSPS) is 11.1. The third kappa shape index (κ3) is 2.70. The summed E-state index contributed by atoms with van der Waals surface area (Å²) >= 11 is 0. The van der Waals surface area contributed by atoms with Crippen molar-refractivity contribution in [3.05, 3.63) is 60.2 Å². The minimum Gasteiger partial charge on any atom is -0.390 e. The van der Waals surface area contributed by atoms with Gasteiger partial charge in [0.15, 0.2) is 5.82 Å². The van der Waals surface area contributed by atoms with Gasteiger partial charge in [-0.2, -0.15) is 5.10 Å². The second kappa shape index (κ2) is 5.95. The van der Waals surface area contributed by atoms with Crippen LogP contribution in [0.5, 0.6) is 0 Å². The van der Waals surface area contributed by atoms with E-state index in [2.05, 4.69) is 20.1 Å². The Morgan fingerprint density at radius 1 is 1.16 bits per heavy atom. The number of hydrogen-bond acceptors (Lipinski definition) is 6. The molecule has 0 saturated heterocycles. The lowest BCUT2D eigenvalue weighted by Crippen LogP contribution is -2.10. The Balaban J connectivity index is 1.97. The Bertz CT molecular complexity index is 1070. The summed E-state index contributed by atoms with van der Waals surface area (Å²) < 4.78 is 1.64. The van der Waals surface area contributed by atoms with Gasteiger partial charge in [0.2, 0.25) is 0 Å². The Morgan fingerprint density at radius 2 is 2.04 bits per heavy atom. The molecule has 7 heteroatoms. The predicted molar refractivity (Wildman–Crippen MR) is 95.0 cm³/mol. The van der Waals surface area contributed by atoms with Crippen molar-refractivity contribution in [1.29, 1.82) is 0 Å². The van der Waals surface area contributed by atoms with E-state index in [9.17, 15) is 5.11 Å². The maximum Gasteiger partial charge on any atom is 0.182 e. The van der Waals surface area contributed by atoms with Crippen molar-refractivity contribution in [3.63, 3.8) is 0 Å². The molecule has 7 nitrogen and oxygen atoms in total. The largest absolute Gasteiger partial charge is 0.390 e. The van der Waals surface area contributed by atoms with Crippen LogP contribution in [0.3, 0.4) is 0 Å². The molecule has 0 radical (unpaired) electrons. The van der Waals surface area contributed by atoms with Crippen molar-refractivity contribution in [3.8, 4) is 17.1 Å². The highest BCUT2D eigenvalue weighted by Crippen LogP contribution is 2.28. The van der Waals surface area contributed by atoms with E-state index in [0.717, 1.165) is 22.2 Å². The lowest BCUT2D eigenvalue weighted by atomic mass is 10.1. The van der Waals surface area contributed by atoms with Crippen molar-refractivity contribution in [1.82, 2.24) is 24.7 Å². The Hall–Kier alpha value is -3.32. The molecule has 0 aliphatic carbocycles. The molecule has 1 aromatic carbocycles. The molecular weight excluding hydrogens is 316 g/mol. The summed E-state index contributed by atoms with van der Waals surface area (Å²) in [6.07, 6.45) is 3.57. The number of aromatic nitrogens is 5. The topological polar surface area (TPSA) is 103 Å². The third-order valence-corrected chi connectivity index (χ3v) is 3.95. The number of nitrogen functional groups attached to an aromatic ring is 1. The van der Waals surface area contributed by atoms with E-state index in [4.69, 9.17) is 5.73 Å². The molecule has 4 rings (SSSR count). The standard InChI is InChI=1S/C18H16N6O/c1-11-6-8-24(23-11)18-16(21-15(10-25)17(19)22-18)13-4-5-14-12(9-13)3-2-7-20-14/h2-9,25H,10H2,1H3,(H2,19,22). The number of hydrogen-bond donors (Lipinski definition) is 2. The number of aliphatic hydroxyl groups excluding tert-OH is 1. The fraction of sp³-hybridized carbons (Fsp3) is 0.111. The quantitative estimate of drug-likeness (QED) is 0.596. The minimum absolute atomic E-state index is 0.192. The number of benzene rings is 1. The number of anilines is 1. The van der Waals surface area contributed by atoms with E-state index in [0.29, 0.717) is 17.2 Å². The highest BCUT2D eigenvalue weighted by atomic mass is 16.3. The summed E-state index contributed by atoms with van der Waals surface area (Å²) in [4.78, 5) is 13.3. The highest BCUT2D eigenvalue weighted by Gasteiger charge is 2.16. The van der Waals surface area contributed by atoms with Gasteiger partial charge in [-0.25, -0.2) is 14.6 Å². The van der Waals surface area contributed by atoms with Crippen LogP contribution in [0.15, 0.2) is 48.8 Å². The molecule has 25 heavy (non-hydrogen) atoms. The SMILES string of the molecule is Cc1ccn(-c2nc(N)c(CO)nc2-c2ccc3ncccc3c2)n1. The van der Waals surface area contributed by atoms with Gasteiger partial charge in [-0.05, 0) is 31.2 Å². The van der Waals surface area contributed by atoms with Gasteiger partial charge in [0.05, 0.1) is 17.8 Å². The van der Waals surface area contributed by atoms with Gasteiger partial charge in [0.25, 0.3) is 0 Å². The number of pyridine rings is 1. The van der Waals surface area contributed by atoms with Gasteiger partial charge in [-0.1, -0.05) is 12.1 Å². The fourth-order valence-corrected chi connectivity index (χ4v) is 2.70. The Morgan fingerprint density at radius 3 is 2.80 bits per heavy atom. The molecule has 3 heterocycles. The first-order valence-corrected chi connectivity index (χ1v) is 7.81. The smallest absolute Gasteiger partial charge is 0.182 e. The molecule has 3 N–H and O–H groups in total. The van der Waals surface area contributed by atoms with Crippen LogP contribution in [0.4, 0.5) is 5.82 Å². The summed E-state index contributed by atoms with van der Waals surface area (Å²) in [5.41, 5.74) is 9.48. The number of fused-ring (bicyclic) bond motifs is 1. The van der Waals surface area contributed by atoms with Crippen LogP contribution in [-0.2, 0) is 6.61 Å². The van der Waals surface area contributed by atoms with Gasteiger partial charge < -0.3 is 10.8 Å². The molecule has 124 valence electrons. The average molecular weight is 332 g/mol. The van der Waals surface area contributed by atoms with E-state index >= 15 is 0 Å². The van der Waals surface area contributed by atoms with Crippen molar-refractivity contribution in [2.24, 2.45) is 0 Å². The van der Waals surface area contributed by atoms with E-state index < -0.39 is 0 Å². The molecule has 0 bridgehead atoms. The van der Waals surface area contributed by atoms with E-state index in [1.807, 2.05) is 49.5 Å². The van der Waals surface area contributed by atoms with Gasteiger partial charge in [0, 0.05) is 23.3 Å². The molecule has 0 atom stereocenters. The van der Waals surface area contributed by atoms with Crippen LogP contribution in [-0.4, -0.2) is 29.8 Å². The van der Waals surface area contributed by atoms with Crippen molar-refractivity contribution in [2.75, 3.05) is 5.73 Å². The number of aliphatic hydroxyl groups is 1. The zero-order chi connectivity index (χ0) is 17.4. The van der Waals surface area contributed by atoms with Gasteiger partial charge in [-0.15, -0.1) is 0 Å². The Kier molecular flexibility index (Phi) is 3.62. The van der Waals surface area contributed by atoms with Gasteiger partial charge in [-0.3, -0.25) is 4.98 Å². The maximum atomic E-state index is 9.51. The molecule has 0 saturated carbocycles. The van der Waals surface area contributed by atoms with Gasteiger partial charge >= 0.3 is 0 Å². The Labute approximate surface area is 143 Å².